The SMILES string of the molecule is Clc1ccc2c(NN=Cc3cn(-c4ccccc4)nc3-c3ccc4c(c3)OCCO4)ccnc2c1. The summed E-state index contributed by atoms with van der Waals surface area (Å²) >= 11 is 6.11. The van der Waals surface area contributed by atoms with Crippen LogP contribution < -0.4 is 14.9 Å². The molecule has 0 atom stereocenters. The van der Waals surface area contributed by atoms with E-state index in [1.807, 2.05) is 83.7 Å². The van der Waals surface area contributed by atoms with Crippen LogP contribution in [0.4, 0.5) is 5.69 Å². The van der Waals surface area contributed by atoms with Crippen molar-refractivity contribution in [3.63, 3.8) is 0 Å². The maximum atomic E-state index is 6.11. The Morgan fingerprint density at radius 3 is 2.69 bits per heavy atom. The number of rotatable bonds is 5. The zero-order valence-corrected chi connectivity index (χ0v) is 19.3. The van der Waals surface area contributed by atoms with Crippen molar-refractivity contribution >= 4 is 34.4 Å². The molecule has 35 heavy (non-hydrogen) atoms. The van der Waals surface area contributed by atoms with Crippen molar-refractivity contribution in [2.24, 2.45) is 5.10 Å². The van der Waals surface area contributed by atoms with Gasteiger partial charge >= 0.3 is 0 Å². The molecule has 0 saturated heterocycles. The smallest absolute Gasteiger partial charge is 0.162 e. The van der Waals surface area contributed by atoms with Gasteiger partial charge in [0.1, 0.15) is 18.9 Å². The molecule has 0 radical (unpaired) electrons. The van der Waals surface area contributed by atoms with Crippen LogP contribution in [0.2, 0.25) is 5.02 Å². The highest BCUT2D eigenvalue weighted by Crippen LogP contribution is 2.35. The van der Waals surface area contributed by atoms with Crippen LogP contribution in [0.25, 0.3) is 27.8 Å². The van der Waals surface area contributed by atoms with Crippen molar-refractivity contribution in [1.82, 2.24) is 14.8 Å². The van der Waals surface area contributed by atoms with Gasteiger partial charge in [-0.2, -0.15) is 10.2 Å². The third kappa shape index (κ3) is 4.29. The normalized spacial score (nSPS) is 12.8. The van der Waals surface area contributed by atoms with Crippen LogP contribution in [0.3, 0.4) is 0 Å². The highest BCUT2D eigenvalue weighted by molar-refractivity contribution is 6.31. The number of aromatic nitrogens is 3. The molecule has 0 spiro atoms. The number of anilines is 1. The predicted molar refractivity (Wildman–Crippen MR) is 138 cm³/mol. The van der Waals surface area contributed by atoms with Crippen molar-refractivity contribution in [2.75, 3.05) is 18.6 Å². The van der Waals surface area contributed by atoms with E-state index in [0.717, 1.165) is 44.8 Å². The van der Waals surface area contributed by atoms with E-state index in [4.69, 9.17) is 26.2 Å². The quantitative estimate of drug-likeness (QED) is 0.248. The monoisotopic (exact) mass is 481 g/mol. The standard InChI is InChI=1S/C27H20ClN5O2/c28-20-7-8-22-23(10-11-29-24(22)15-20)31-30-16-19-17-33(21-4-2-1-3-5-21)32-27(19)18-6-9-25-26(14-18)35-13-12-34-25/h1-11,14-17H,12-13H2,(H,29,31). The van der Waals surface area contributed by atoms with Gasteiger partial charge in [0.05, 0.1) is 23.1 Å². The Hall–Kier alpha value is -4.36. The second kappa shape index (κ2) is 9.12. The van der Waals surface area contributed by atoms with E-state index in [0.29, 0.717) is 24.0 Å². The molecule has 0 bridgehead atoms. The fourth-order valence-corrected chi connectivity index (χ4v) is 4.17. The molecule has 0 unspecified atom stereocenters. The van der Waals surface area contributed by atoms with Crippen molar-refractivity contribution in [3.8, 4) is 28.4 Å². The summed E-state index contributed by atoms with van der Waals surface area (Å²) in [5.74, 6) is 1.45. The molecule has 3 heterocycles. The van der Waals surface area contributed by atoms with E-state index in [9.17, 15) is 0 Å². The Kier molecular flexibility index (Phi) is 5.52. The number of fused-ring (bicyclic) bond motifs is 2. The molecule has 1 aliphatic heterocycles. The van der Waals surface area contributed by atoms with Crippen LogP contribution in [-0.2, 0) is 0 Å². The maximum absolute atomic E-state index is 6.11. The van der Waals surface area contributed by atoms with Crippen molar-refractivity contribution in [1.29, 1.82) is 0 Å². The van der Waals surface area contributed by atoms with Gasteiger partial charge in [0.25, 0.3) is 0 Å². The second-order valence-electron chi connectivity index (χ2n) is 7.96. The number of hydrogen-bond acceptors (Lipinski definition) is 6. The summed E-state index contributed by atoms with van der Waals surface area (Å²) in [4.78, 5) is 4.38. The average molecular weight is 482 g/mol. The fraction of sp³-hybridized carbons (Fsp3) is 0.0741. The Labute approximate surface area is 206 Å². The van der Waals surface area contributed by atoms with Crippen LogP contribution in [0.5, 0.6) is 11.5 Å². The third-order valence-electron chi connectivity index (χ3n) is 5.67. The molecule has 0 fully saturated rings. The summed E-state index contributed by atoms with van der Waals surface area (Å²) in [6.45, 7) is 1.08. The lowest BCUT2D eigenvalue weighted by atomic mass is 10.1. The number of para-hydroxylation sites is 1. The number of hydrazone groups is 1. The molecule has 1 aliphatic rings. The van der Waals surface area contributed by atoms with E-state index in [1.54, 1.807) is 12.4 Å². The number of ether oxygens (including phenoxy) is 2. The first-order chi connectivity index (χ1) is 17.2. The third-order valence-corrected chi connectivity index (χ3v) is 5.91. The summed E-state index contributed by atoms with van der Waals surface area (Å²) in [5, 5.41) is 11.0. The van der Waals surface area contributed by atoms with Gasteiger partial charge in [-0.3, -0.25) is 10.4 Å². The van der Waals surface area contributed by atoms with Gasteiger partial charge in [-0.05, 0) is 54.6 Å². The Bertz CT molecular complexity index is 1550. The number of pyridine rings is 1. The van der Waals surface area contributed by atoms with Gasteiger partial charge < -0.3 is 9.47 Å². The van der Waals surface area contributed by atoms with Crippen LogP contribution in [0.15, 0.2) is 90.3 Å². The Morgan fingerprint density at radius 2 is 1.80 bits per heavy atom. The maximum Gasteiger partial charge on any atom is 0.162 e. The topological polar surface area (TPSA) is 73.6 Å². The Balaban J connectivity index is 1.37. The first-order valence-electron chi connectivity index (χ1n) is 11.1. The number of benzene rings is 3. The molecule has 0 amide bonds. The lowest BCUT2D eigenvalue weighted by Gasteiger charge is -2.18. The molecule has 0 saturated carbocycles. The summed E-state index contributed by atoms with van der Waals surface area (Å²) < 4.78 is 13.3. The molecule has 3 aromatic carbocycles. The van der Waals surface area contributed by atoms with E-state index in [1.165, 1.54) is 0 Å². The van der Waals surface area contributed by atoms with Gasteiger partial charge in [-0.25, -0.2) is 4.68 Å². The van der Waals surface area contributed by atoms with E-state index in [2.05, 4.69) is 15.5 Å². The van der Waals surface area contributed by atoms with Crippen LogP contribution >= 0.6 is 11.6 Å². The first-order valence-corrected chi connectivity index (χ1v) is 11.5. The molecule has 7 nitrogen and oxygen atoms in total. The van der Waals surface area contributed by atoms with E-state index < -0.39 is 0 Å². The van der Waals surface area contributed by atoms with Gasteiger partial charge in [-0.1, -0.05) is 29.8 Å². The minimum Gasteiger partial charge on any atom is -0.486 e. The van der Waals surface area contributed by atoms with E-state index >= 15 is 0 Å². The summed E-state index contributed by atoms with van der Waals surface area (Å²) in [6, 6.07) is 23.3. The van der Waals surface area contributed by atoms with Crippen LogP contribution in [0, 0.1) is 0 Å². The van der Waals surface area contributed by atoms with Gasteiger partial charge in [0.15, 0.2) is 11.5 Å². The Morgan fingerprint density at radius 1 is 0.943 bits per heavy atom. The number of hydrogen-bond donors (Lipinski definition) is 1. The van der Waals surface area contributed by atoms with Gasteiger partial charge in [-0.15, -0.1) is 0 Å². The zero-order valence-electron chi connectivity index (χ0n) is 18.6. The minimum absolute atomic E-state index is 0.526. The molecule has 2 aromatic heterocycles. The fourth-order valence-electron chi connectivity index (χ4n) is 4.00. The molecule has 5 aromatic rings. The number of halogens is 1. The first kappa shape index (κ1) is 21.2. The summed E-state index contributed by atoms with van der Waals surface area (Å²) in [5.41, 5.74) is 8.26. The molecule has 8 heteroatoms. The highest BCUT2D eigenvalue weighted by atomic mass is 35.5. The predicted octanol–water partition coefficient (Wildman–Crippen LogP) is 5.96. The lowest BCUT2D eigenvalue weighted by Crippen LogP contribution is -2.15. The largest absolute Gasteiger partial charge is 0.486 e. The van der Waals surface area contributed by atoms with Crippen LogP contribution in [-0.4, -0.2) is 34.2 Å². The highest BCUT2D eigenvalue weighted by Gasteiger charge is 2.16. The molecular weight excluding hydrogens is 462 g/mol. The molecule has 172 valence electrons. The summed E-state index contributed by atoms with van der Waals surface area (Å²) in [7, 11) is 0. The molecule has 6 rings (SSSR count). The molecule has 0 aliphatic carbocycles. The second-order valence-corrected chi connectivity index (χ2v) is 8.40. The van der Waals surface area contributed by atoms with E-state index in [-0.39, 0.29) is 0 Å². The van der Waals surface area contributed by atoms with Gasteiger partial charge in [0.2, 0.25) is 0 Å². The lowest BCUT2D eigenvalue weighted by molar-refractivity contribution is 0.171. The number of nitrogens with one attached hydrogen (secondary N) is 1. The van der Waals surface area contributed by atoms with Crippen molar-refractivity contribution < 1.29 is 9.47 Å². The average Bonchev–Trinajstić information content (AvgIpc) is 3.33. The number of nitrogens with zero attached hydrogens (tertiary/aromatic N) is 4. The zero-order chi connectivity index (χ0) is 23.6. The van der Waals surface area contributed by atoms with Gasteiger partial charge in [0, 0.05) is 33.9 Å². The molecular formula is C27H20ClN5O2. The summed E-state index contributed by atoms with van der Waals surface area (Å²) in [6.07, 6.45) is 5.45. The van der Waals surface area contributed by atoms with Crippen LogP contribution in [0.1, 0.15) is 5.56 Å². The van der Waals surface area contributed by atoms with Crippen molar-refractivity contribution in [3.05, 3.63) is 95.8 Å². The van der Waals surface area contributed by atoms with Crippen molar-refractivity contribution in [2.45, 2.75) is 0 Å². The molecule has 1 N–H and O–H groups in total. The minimum atomic E-state index is 0.526.